The number of carbonyl (C=O) groups excluding carboxylic acids is 1. The maximum Gasteiger partial charge on any atom is 0.306 e. The highest BCUT2D eigenvalue weighted by molar-refractivity contribution is 5.81. The molecule has 0 spiro atoms. The number of amides is 1. The van der Waals surface area contributed by atoms with Crippen molar-refractivity contribution in [2.24, 2.45) is 17.8 Å². The Hall–Kier alpha value is -1.10. The number of aliphatic carboxylic acids is 1. The molecule has 1 N–H and O–H groups in total. The van der Waals surface area contributed by atoms with E-state index in [2.05, 4.69) is 18.7 Å². The zero-order valence-corrected chi connectivity index (χ0v) is 13.1. The zero-order valence-electron chi connectivity index (χ0n) is 13.1. The maximum atomic E-state index is 12.6. The van der Waals surface area contributed by atoms with Gasteiger partial charge in [-0.25, -0.2) is 0 Å². The van der Waals surface area contributed by atoms with Gasteiger partial charge in [-0.15, -0.1) is 0 Å². The molecule has 1 aliphatic rings. The van der Waals surface area contributed by atoms with E-state index in [4.69, 9.17) is 5.11 Å². The smallest absolute Gasteiger partial charge is 0.306 e. The highest BCUT2D eigenvalue weighted by Crippen LogP contribution is 2.32. The van der Waals surface area contributed by atoms with Gasteiger partial charge in [0.2, 0.25) is 5.91 Å². The molecule has 2 unspecified atom stereocenters. The van der Waals surface area contributed by atoms with Crippen LogP contribution in [-0.2, 0) is 9.59 Å². The van der Waals surface area contributed by atoms with E-state index in [-0.39, 0.29) is 17.7 Å². The second-order valence-corrected chi connectivity index (χ2v) is 6.53. The SMILES string of the molecule is CC(C)CN(CCN(C)C)C(=O)C1CCC(C(=O)O)C1. The van der Waals surface area contributed by atoms with E-state index in [1.165, 1.54) is 0 Å². The molecule has 2 atom stereocenters. The number of carbonyl (C=O) groups is 2. The van der Waals surface area contributed by atoms with Gasteiger partial charge >= 0.3 is 5.97 Å². The van der Waals surface area contributed by atoms with Gasteiger partial charge in [-0.05, 0) is 39.3 Å². The third-order valence-corrected chi connectivity index (χ3v) is 3.85. The summed E-state index contributed by atoms with van der Waals surface area (Å²) in [5.41, 5.74) is 0. The van der Waals surface area contributed by atoms with Gasteiger partial charge in [-0.1, -0.05) is 13.8 Å². The van der Waals surface area contributed by atoms with Gasteiger partial charge in [-0.3, -0.25) is 9.59 Å². The lowest BCUT2D eigenvalue weighted by atomic mass is 10.0. The molecule has 1 amide bonds. The van der Waals surface area contributed by atoms with Gasteiger partial charge in [0, 0.05) is 25.6 Å². The molecule has 5 nitrogen and oxygen atoms in total. The first-order chi connectivity index (χ1) is 9.31. The van der Waals surface area contributed by atoms with Gasteiger partial charge in [0.25, 0.3) is 0 Å². The second-order valence-electron chi connectivity index (χ2n) is 6.53. The molecule has 0 saturated heterocycles. The molecule has 1 saturated carbocycles. The normalized spacial score (nSPS) is 22.5. The average molecular weight is 284 g/mol. The molecule has 0 radical (unpaired) electrons. The summed E-state index contributed by atoms with van der Waals surface area (Å²) >= 11 is 0. The first-order valence-corrected chi connectivity index (χ1v) is 7.47. The molecule has 116 valence electrons. The van der Waals surface area contributed by atoms with Crippen molar-refractivity contribution in [3.63, 3.8) is 0 Å². The number of likely N-dealkylation sites (N-methyl/N-ethyl adjacent to an activating group) is 1. The van der Waals surface area contributed by atoms with E-state index >= 15 is 0 Å². The van der Waals surface area contributed by atoms with Crippen molar-refractivity contribution in [3.05, 3.63) is 0 Å². The molecular weight excluding hydrogens is 256 g/mol. The predicted molar refractivity (Wildman–Crippen MR) is 78.4 cm³/mol. The predicted octanol–water partition coefficient (Wildman–Crippen LogP) is 1.53. The molecule has 0 heterocycles. The molecular formula is C15H28N2O3. The fourth-order valence-electron chi connectivity index (χ4n) is 2.74. The first kappa shape index (κ1) is 17.0. The van der Waals surface area contributed by atoms with E-state index < -0.39 is 5.97 Å². The van der Waals surface area contributed by atoms with Crippen LogP contribution in [0.4, 0.5) is 0 Å². The highest BCUT2D eigenvalue weighted by Gasteiger charge is 2.35. The van der Waals surface area contributed by atoms with E-state index in [1.54, 1.807) is 0 Å². The molecule has 0 aromatic carbocycles. The quantitative estimate of drug-likeness (QED) is 0.770. The van der Waals surface area contributed by atoms with Crippen molar-refractivity contribution in [3.8, 4) is 0 Å². The Kier molecular flexibility index (Phi) is 6.46. The van der Waals surface area contributed by atoms with E-state index in [1.807, 2.05) is 19.0 Å². The Balaban J connectivity index is 2.60. The number of hydrogen-bond acceptors (Lipinski definition) is 3. The minimum absolute atomic E-state index is 0.1000. The topological polar surface area (TPSA) is 60.9 Å². The summed E-state index contributed by atoms with van der Waals surface area (Å²) in [7, 11) is 3.99. The zero-order chi connectivity index (χ0) is 15.3. The standard InChI is InChI=1S/C15H28N2O3/c1-11(2)10-17(8-7-16(3)4)14(18)12-5-6-13(9-12)15(19)20/h11-13H,5-10H2,1-4H3,(H,19,20). The van der Waals surface area contributed by atoms with Crippen molar-refractivity contribution >= 4 is 11.9 Å². The van der Waals surface area contributed by atoms with Crippen LogP contribution in [0.2, 0.25) is 0 Å². The Morgan fingerprint density at radius 1 is 1.15 bits per heavy atom. The summed E-state index contributed by atoms with van der Waals surface area (Å²) in [4.78, 5) is 27.6. The van der Waals surface area contributed by atoms with Crippen LogP contribution in [0.5, 0.6) is 0 Å². The summed E-state index contributed by atoms with van der Waals surface area (Å²) in [6, 6.07) is 0. The maximum absolute atomic E-state index is 12.6. The summed E-state index contributed by atoms with van der Waals surface area (Å²) in [5, 5.41) is 9.04. The van der Waals surface area contributed by atoms with Gasteiger partial charge in [0.15, 0.2) is 0 Å². The number of carboxylic acid groups (broad SMARTS) is 1. The van der Waals surface area contributed by atoms with E-state index in [0.29, 0.717) is 25.2 Å². The lowest BCUT2D eigenvalue weighted by molar-refractivity contribution is -0.141. The lowest BCUT2D eigenvalue weighted by Gasteiger charge is -2.28. The number of nitrogens with zero attached hydrogens (tertiary/aromatic N) is 2. The summed E-state index contributed by atoms with van der Waals surface area (Å²) in [5.74, 6) is -0.623. The van der Waals surface area contributed by atoms with Crippen molar-refractivity contribution in [1.82, 2.24) is 9.80 Å². The molecule has 1 rings (SSSR count). The number of hydrogen-bond donors (Lipinski definition) is 1. The van der Waals surface area contributed by atoms with E-state index in [0.717, 1.165) is 19.6 Å². The molecule has 20 heavy (non-hydrogen) atoms. The van der Waals surface area contributed by atoms with Crippen molar-refractivity contribution in [1.29, 1.82) is 0 Å². The monoisotopic (exact) mass is 284 g/mol. The third-order valence-electron chi connectivity index (χ3n) is 3.85. The van der Waals surface area contributed by atoms with Gasteiger partial charge in [0.05, 0.1) is 5.92 Å². The molecule has 1 fully saturated rings. The van der Waals surface area contributed by atoms with Crippen LogP contribution in [0, 0.1) is 17.8 Å². The van der Waals surface area contributed by atoms with Crippen LogP contribution in [-0.4, -0.2) is 60.5 Å². The Bertz CT molecular complexity index is 342. The van der Waals surface area contributed by atoms with Crippen LogP contribution in [0.25, 0.3) is 0 Å². The Morgan fingerprint density at radius 3 is 2.20 bits per heavy atom. The molecule has 5 heteroatoms. The molecule has 0 aliphatic heterocycles. The first-order valence-electron chi connectivity index (χ1n) is 7.47. The van der Waals surface area contributed by atoms with Gasteiger partial charge in [-0.2, -0.15) is 0 Å². The average Bonchev–Trinajstić information content (AvgIpc) is 2.82. The largest absolute Gasteiger partial charge is 0.481 e. The number of carboxylic acids is 1. The van der Waals surface area contributed by atoms with Crippen LogP contribution >= 0.6 is 0 Å². The van der Waals surface area contributed by atoms with Crippen molar-refractivity contribution in [2.75, 3.05) is 33.7 Å². The van der Waals surface area contributed by atoms with Gasteiger partial charge < -0.3 is 14.9 Å². The summed E-state index contributed by atoms with van der Waals surface area (Å²) < 4.78 is 0. The molecule has 1 aliphatic carbocycles. The fraction of sp³-hybridized carbons (Fsp3) is 0.867. The lowest BCUT2D eigenvalue weighted by Crippen LogP contribution is -2.41. The van der Waals surface area contributed by atoms with E-state index in [9.17, 15) is 9.59 Å². The Morgan fingerprint density at radius 2 is 1.75 bits per heavy atom. The minimum Gasteiger partial charge on any atom is -0.481 e. The third kappa shape index (κ3) is 5.12. The fourth-order valence-corrected chi connectivity index (χ4v) is 2.74. The summed E-state index contributed by atoms with van der Waals surface area (Å²) in [6.45, 7) is 6.52. The number of rotatable bonds is 7. The van der Waals surface area contributed by atoms with Crippen LogP contribution in [0.15, 0.2) is 0 Å². The molecule has 0 aromatic rings. The molecule has 0 aromatic heterocycles. The van der Waals surface area contributed by atoms with Crippen LogP contribution in [0.1, 0.15) is 33.1 Å². The summed E-state index contributed by atoms with van der Waals surface area (Å²) in [6.07, 6.45) is 1.85. The molecule has 0 bridgehead atoms. The minimum atomic E-state index is -0.760. The van der Waals surface area contributed by atoms with Crippen LogP contribution in [0.3, 0.4) is 0 Å². The van der Waals surface area contributed by atoms with Crippen LogP contribution < -0.4 is 0 Å². The van der Waals surface area contributed by atoms with Crippen molar-refractivity contribution in [2.45, 2.75) is 33.1 Å². The van der Waals surface area contributed by atoms with Gasteiger partial charge in [0.1, 0.15) is 0 Å². The second kappa shape index (κ2) is 7.62. The Labute approximate surface area is 121 Å². The highest BCUT2D eigenvalue weighted by atomic mass is 16.4. The van der Waals surface area contributed by atoms with Crippen molar-refractivity contribution < 1.29 is 14.7 Å².